The monoisotopic (exact) mass is 626 g/mol. The Morgan fingerprint density at radius 3 is 2.56 bits per heavy atom. The number of nitrogens with one attached hydrogen (secondary N) is 2. The summed E-state index contributed by atoms with van der Waals surface area (Å²) in [4.78, 5) is 25.7. The zero-order valence-corrected chi connectivity index (χ0v) is 24.3. The Balaban J connectivity index is 1.48. The molecule has 0 aliphatic carbocycles. The van der Waals surface area contributed by atoms with Crippen molar-refractivity contribution in [3.8, 4) is 17.2 Å². The number of nitrogens with zero attached hydrogens (tertiary/aromatic N) is 2. The van der Waals surface area contributed by atoms with E-state index in [2.05, 4.69) is 20.5 Å². The topological polar surface area (TPSA) is 94.5 Å². The molecular weight excluding hydrogens is 595 g/mol. The van der Waals surface area contributed by atoms with E-state index in [1.165, 1.54) is 28.6 Å². The van der Waals surface area contributed by atoms with E-state index in [0.29, 0.717) is 36.4 Å². The fourth-order valence-electron chi connectivity index (χ4n) is 4.66. The molecule has 43 heavy (non-hydrogen) atoms. The number of thioether (sulfide) groups is 1. The van der Waals surface area contributed by atoms with E-state index in [1.54, 1.807) is 12.3 Å². The maximum atomic E-state index is 13.3. The number of fused-ring (bicyclic) bond motifs is 1. The Morgan fingerprint density at radius 1 is 1.14 bits per heavy atom. The minimum absolute atomic E-state index is 0.121. The Labute approximate surface area is 249 Å². The summed E-state index contributed by atoms with van der Waals surface area (Å²) in [7, 11) is 0. The number of aryl methyl sites for hydroxylation is 1. The smallest absolute Gasteiger partial charge is 0.494 e. The number of benzene rings is 2. The Hall–Kier alpha value is -3.81. The Kier molecular flexibility index (Phi) is 10.2. The van der Waals surface area contributed by atoms with Crippen molar-refractivity contribution in [2.45, 2.75) is 57.4 Å². The minimum atomic E-state index is -4.85. The van der Waals surface area contributed by atoms with Crippen LogP contribution in [0.3, 0.4) is 0 Å². The van der Waals surface area contributed by atoms with E-state index >= 15 is 0 Å². The van der Waals surface area contributed by atoms with Crippen LogP contribution < -0.4 is 20.1 Å². The summed E-state index contributed by atoms with van der Waals surface area (Å²) in [5.41, 5.74) is 1.89. The number of alkyl halides is 5. The zero-order chi connectivity index (χ0) is 31.2. The summed E-state index contributed by atoms with van der Waals surface area (Å²) in [5.74, 6) is -3.13. The summed E-state index contributed by atoms with van der Waals surface area (Å²) in [5, 5.41) is 10.3. The van der Waals surface area contributed by atoms with Crippen LogP contribution in [0.1, 0.15) is 47.8 Å². The van der Waals surface area contributed by atoms with Crippen LogP contribution in [0.5, 0.6) is 11.5 Å². The molecule has 1 atom stereocenters. The average molecular weight is 627 g/mol. The van der Waals surface area contributed by atoms with E-state index in [0.717, 1.165) is 24.6 Å². The van der Waals surface area contributed by atoms with Gasteiger partial charge in [0.05, 0.1) is 23.7 Å². The van der Waals surface area contributed by atoms with Gasteiger partial charge < -0.3 is 20.1 Å². The molecule has 232 valence electrons. The van der Waals surface area contributed by atoms with Crippen LogP contribution in [0.2, 0.25) is 0 Å². The highest BCUT2D eigenvalue weighted by molar-refractivity contribution is 7.99. The van der Waals surface area contributed by atoms with Gasteiger partial charge in [-0.15, -0.1) is 13.2 Å². The second-order valence-corrected chi connectivity index (χ2v) is 11.1. The van der Waals surface area contributed by atoms with E-state index in [-0.39, 0.29) is 48.5 Å². The van der Waals surface area contributed by atoms with Gasteiger partial charge in [-0.3, -0.25) is 9.59 Å². The molecule has 4 rings (SSSR count). The number of carbonyl (C=O) groups excluding carboxylic acids is 2. The van der Waals surface area contributed by atoms with Crippen LogP contribution in [-0.4, -0.2) is 58.5 Å². The molecular formula is C29H31F5N4O4S. The molecule has 0 radical (unpaired) electrons. The third-order valence-electron chi connectivity index (χ3n) is 6.52. The lowest BCUT2D eigenvalue weighted by Gasteiger charge is -2.23. The van der Waals surface area contributed by atoms with Gasteiger partial charge in [-0.05, 0) is 74.4 Å². The molecule has 2 aromatic carbocycles. The number of hydrogen-bond acceptors (Lipinski definition) is 6. The summed E-state index contributed by atoms with van der Waals surface area (Å²) >= 11 is 1.29. The molecule has 1 aromatic heterocycles. The normalized spacial score (nSPS) is 15.0. The first-order chi connectivity index (χ1) is 20.3. The molecule has 8 nitrogen and oxygen atoms in total. The van der Waals surface area contributed by atoms with Crippen molar-refractivity contribution in [2.75, 3.05) is 23.9 Å². The molecule has 0 fully saturated rings. The van der Waals surface area contributed by atoms with E-state index in [4.69, 9.17) is 4.74 Å². The number of rotatable bonds is 13. The van der Waals surface area contributed by atoms with Crippen LogP contribution in [0, 0.1) is 0 Å². The highest BCUT2D eigenvalue weighted by atomic mass is 32.2. The van der Waals surface area contributed by atoms with Gasteiger partial charge in [0.2, 0.25) is 11.8 Å². The predicted octanol–water partition coefficient (Wildman–Crippen LogP) is 6.17. The van der Waals surface area contributed by atoms with Gasteiger partial charge in [0.25, 0.3) is 5.91 Å². The summed E-state index contributed by atoms with van der Waals surface area (Å²) in [6, 6.07) is 12.0. The van der Waals surface area contributed by atoms with Gasteiger partial charge >= 0.3 is 6.36 Å². The van der Waals surface area contributed by atoms with Crippen molar-refractivity contribution in [3.63, 3.8) is 0 Å². The van der Waals surface area contributed by atoms with Gasteiger partial charge in [-0.1, -0.05) is 12.1 Å². The van der Waals surface area contributed by atoms with Crippen LogP contribution in [-0.2, 0) is 17.6 Å². The van der Waals surface area contributed by atoms with Crippen molar-refractivity contribution < 1.29 is 41.0 Å². The zero-order valence-electron chi connectivity index (χ0n) is 23.5. The second kappa shape index (κ2) is 13.7. The maximum Gasteiger partial charge on any atom is 0.573 e. The summed E-state index contributed by atoms with van der Waals surface area (Å²) in [6.07, 6.45) is -1.63. The highest BCUT2D eigenvalue weighted by Gasteiger charge is 2.33. The Bertz CT molecular complexity index is 1420. The standard InChI is InChI=1S/C29H31F5N4O4S/c1-28(30,31)13-4-14-41-22-6-3-5-18(15-22)7-8-19-16-23-25(27(40)35-19)26(36-24(39)17-43-2)38(37-23)20-9-11-21(12-10-20)42-29(32,33)34/h3,5-6,9-12,15,19H,4,7-8,13-14,16-17H2,1-2H3,(H,35,40)(H,36,39). The molecule has 0 bridgehead atoms. The molecule has 0 saturated carbocycles. The lowest BCUT2D eigenvalue weighted by molar-refractivity contribution is -0.274. The van der Waals surface area contributed by atoms with Gasteiger partial charge in [0.1, 0.15) is 22.9 Å². The summed E-state index contributed by atoms with van der Waals surface area (Å²) < 4.78 is 74.7. The van der Waals surface area contributed by atoms with E-state index in [1.807, 2.05) is 18.2 Å². The third kappa shape index (κ3) is 9.34. The van der Waals surface area contributed by atoms with Crippen LogP contribution in [0.15, 0.2) is 48.5 Å². The fraction of sp³-hybridized carbons (Fsp3) is 0.414. The largest absolute Gasteiger partial charge is 0.573 e. The first kappa shape index (κ1) is 32.1. The molecule has 14 heteroatoms. The first-order valence-electron chi connectivity index (χ1n) is 13.5. The molecule has 0 spiro atoms. The number of aromatic nitrogens is 2. The Morgan fingerprint density at radius 2 is 1.88 bits per heavy atom. The van der Waals surface area contributed by atoms with E-state index in [9.17, 15) is 31.5 Å². The van der Waals surface area contributed by atoms with Crippen LogP contribution in [0.4, 0.5) is 27.8 Å². The van der Waals surface area contributed by atoms with E-state index < -0.39 is 23.9 Å². The van der Waals surface area contributed by atoms with Crippen molar-refractivity contribution in [2.24, 2.45) is 0 Å². The molecule has 2 N–H and O–H groups in total. The first-order valence-corrected chi connectivity index (χ1v) is 14.9. The predicted molar refractivity (Wildman–Crippen MR) is 152 cm³/mol. The highest BCUT2D eigenvalue weighted by Crippen LogP contribution is 2.31. The lowest BCUT2D eigenvalue weighted by Crippen LogP contribution is -2.41. The molecule has 1 unspecified atom stereocenters. The van der Waals surface area contributed by atoms with Gasteiger partial charge in [-0.2, -0.15) is 16.9 Å². The number of amides is 2. The second-order valence-electron chi connectivity index (χ2n) is 10.2. The van der Waals surface area contributed by atoms with Gasteiger partial charge in [0, 0.05) is 18.9 Å². The molecule has 1 aliphatic heterocycles. The quantitative estimate of drug-likeness (QED) is 0.174. The number of ether oxygens (including phenoxy) is 2. The number of hydrogen-bond donors (Lipinski definition) is 2. The molecule has 0 saturated heterocycles. The fourth-order valence-corrected chi connectivity index (χ4v) is 4.99. The van der Waals surface area contributed by atoms with Gasteiger partial charge in [0.15, 0.2) is 0 Å². The number of carbonyl (C=O) groups is 2. The molecule has 3 aromatic rings. The third-order valence-corrected chi connectivity index (χ3v) is 7.07. The van der Waals surface area contributed by atoms with Gasteiger partial charge in [-0.25, -0.2) is 13.5 Å². The minimum Gasteiger partial charge on any atom is -0.494 e. The molecule has 2 amide bonds. The molecule has 2 heterocycles. The molecule has 1 aliphatic rings. The van der Waals surface area contributed by atoms with Crippen molar-refractivity contribution >= 4 is 29.4 Å². The van der Waals surface area contributed by atoms with Crippen LogP contribution in [0.25, 0.3) is 5.69 Å². The number of anilines is 1. The number of halogens is 5. The van der Waals surface area contributed by atoms with Crippen molar-refractivity contribution in [3.05, 3.63) is 65.4 Å². The summed E-state index contributed by atoms with van der Waals surface area (Å²) in [6.45, 7) is 1.05. The lowest BCUT2D eigenvalue weighted by atomic mass is 9.96. The van der Waals surface area contributed by atoms with Crippen LogP contribution >= 0.6 is 11.8 Å². The van der Waals surface area contributed by atoms with Crippen molar-refractivity contribution in [1.82, 2.24) is 15.1 Å². The average Bonchev–Trinajstić information content (AvgIpc) is 3.28. The SMILES string of the molecule is CSCC(=O)Nc1c2c(nn1-c1ccc(OC(F)(F)F)cc1)CC(CCc1cccc(OCCCC(C)(F)F)c1)NC2=O. The van der Waals surface area contributed by atoms with Crippen molar-refractivity contribution in [1.29, 1.82) is 0 Å². The maximum absolute atomic E-state index is 13.3.